The van der Waals surface area contributed by atoms with Crippen LogP contribution in [0.25, 0.3) is 0 Å². The molecule has 1 aromatic heterocycles. The molecule has 0 aliphatic heterocycles. The van der Waals surface area contributed by atoms with E-state index < -0.39 is 0 Å². The van der Waals surface area contributed by atoms with E-state index in [1.807, 2.05) is 20.8 Å². The lowest BCUT2D eigenvalue weighted by atomic mass is 10.1. The highest BCUT2D eigenvalue weighted by molar-refractivity contribution is 6.34. The number of halogens is 1. The van der Waals surface area contributed by atoms with E-state index in [4.69, 9.17) is 11.6 Å². The van der Waals surface area contributed by atoms with Crippen LogP contribution in [0, 0.1) is 0 Å². The number of nitrogens with one attached hydrogen (secondary N) is 3. The van der Waals surface area contributed by atoms with Crippen LogP contribution in [0.15, 0.2) is 30.6 Å². The summed E-state index contributed by atoms with van der Waals surface area (Å²) in [5.41, 5.74) is 0.922. The predicted molar refractivity (Wildman–Crippen MR) is 94.5 cm³/mol. The number of hydrogen-bond acceptors (Lipinski definition) is 3. The smallest absolute Gasteiger partial charge is 0.319 e. The second-order valence-electron chi connectivity index (χ2n) is 6.38. The molecule has 0 atom stereocenters. The molecule has 128 valence electrons. The minimum atomic E-state index is -0.382. The van der Waals surface area contributed by atoms with Gasteiger partial charge in [-0.1, -0.05) is 11.6 Å². The number of aromatic nitrogens is 2. The topological polar surface area (TPSA) is 88.0 Å². The zero-order valence-corrected chi connectivity index (χ0v) is 14.7. The molecule has 3 amide bonds. The highest BCUT2D eigenvalue weighted by Gasteiger charge is 2.16. The van der Waals surface area contributed by atoms with Gasteiger partial charge in [-0.05, 0) is 39.0 Å². The Hall–Kier alpha value is -2.54. The number of aryl methyl sites for hydroxylation is 1. The van der Waals surface area contributed by atoms with Gasteiger partial charge in [0.15, 0.2) is 0 Å². The number of anilines is 2. The molecule has 0 fully saturated rings. The fourth-order valence-corrected chi connectivity index (χ4v) is 2.17. The van der Waals surface area contributed by atoms with E-state index >= 15 is 0 Å². The van der Waals surface area contributed by atoms with Crippen molar-refractivity contribution < 1.29 is 9.59 Å². The maximum Gasteiger partial charge on any atom is 0.319 e. The Kier molecular flexibility index (Phi) is 5.14. The van der Waals surface area contributed by atoms with Crippen LogP contribution < -0.4 is 16.0 Å². The fraction of sp³-hybridized carbons (Fsp3) is 0.312. The van der Waals surface area contributed by atoms with Gasteiger partial charge >= 0.3 is 6.03 Å². The maximum absolute atomic E-state index is 12.4. The van der Waals surface area contributed by atoms with Gasteiger partial charge in [0.05, 0.1) is 22.5 Å². The Morgan fingerprint density at radius 1 is 1.17 bits per heavy atom. The van der Waals surface area contributed by atoms with Gasteiger partial charge in [-0.3, -0.25) is 9.48 Å². The molecule has 0 aliphatic carbocycles. The monoisotopic (exact) mass is 349 g/mol. The van der Waals surface area contributed by atoms with E-state index in [0.29, 0.717) is 11.4 Å². The molecular weight excluding hydrogens is 330 g/mol. The Balaban J connectivity index is 2.13. The van der Waals surface area contributed by atoms with Crippen molar-refractivity contribution in [3.8, 4) is 0 Å². The Labute approximate surface area is 145 Å². The quantitative estimate of drug-likeness (QED) is 0.794. The number of urea groups is 1. The van der Waals surface area contributed by atoms with E-state index in [9.17, 15) is 9.59 Å². The van der Waals surface area contributed by atoms with Crippen molar-refractivity contribution in [3.63, 3.8) is 0 Å². The van der Waals surface area contributed by atoms with Gasteiger partial charge in [0.1, 0.15) is 0 Å². The molecule has 1 aromatic carbocycles. The summed E-state index contributed by atoms with van der Waals surface area (Å²) in [4.78, 5) is 24.3. The molecule has 0 unspecified atom stereocenters. The van der Waals surface area contributed by atoms with E-state index in [1.54, 1.807) is 30.1 Å². The Bertz CT molecular complexity index is 764. The number of rotatable bonds is 3. The minimum absolute atomic E-state index is 0.258. The van der Waals surface area contributed by atoms with Gasteiger partial charge in [0.25, 0.3) is 5.91 Å². The average molecular weight is 350 g/mol. The number of carbonyl (C=O) groups excluding carboxylic acids is 2. The summed E-state index contributed by atoms with van der Waals surface area (Å²) in [5, 5.41) is 12.4. The van der Waals surface area contributed by atoms with Crippen LogP contribution in [-0.2, 0) is 7.05 Å². The first-order valence-electron chi connectivity index (χ1n) is 7.33. The maximum atomic E-state index is 12.4. The molecule has 8 heteroatoms. The van der Waals surface area contributed by atoms with Crippen LogP contribution >= 0.6 is 11.6 Å². The van der Waals surface area contributed by atoms with E-state index in [-0.39, 0.29) is 28.1 Å². The van der Waals surface area contributed by atoms with Crippen molar-refractivity contribution in [3.05, 3.63) is 41.2 Å². The van der Waals surface area contributed by atoms with Crippen LogP contribution in [0.5, 0.6) is 0 Å². The number of nitrogens with zero attached hydrogens (tertiary/aromatic N) is 2. The minimum Gasteiger partial charge on any atom is -0.333 e. The molecule has 1 heterocycles. The van der Waals surface area contributed by atoms with Crippen molar-refractivity contribution in [2.75, 3.05) is 10.6 Å². The summed E-state index contributed by atoms with van der Waals surface area (Å²) in [5.74, 6) is -0.382. The van der Waals surface area contributed by atoms with Gasteiger partial charge < -0.3 is 16.0 Å². The zero-order chi connectivity index (χ0) is 17.9. The van der Waals surface area contributed by atoms with E-state index in [0.717, 1.165) is 0 Å². The summed E-state index contributed by atoms with van der Waals surface area (Å²) >= 11 is 6.10. The lowest BCUT2D eigenvalue weighted by Crippen LogP contribution is -2.43. The fourth-order valence-electron chi connectivity index (χ4n) is 1.96. The van der Waals surface area contributed by atoms with Crippen LogP contribution in [0.2, 0.25) is 5.02 Å². The third-order valence-electron chi connectivity index (χ3n) is 2.92. The first-order valence-corrected chi connectivity index (χ1v) is 7.70. The molecule has 2 rings (SSSR count). The molecule has 0 spiro atoms. The Morgan fingerprint density at radius 2 is 1.88 bits per heavy atom. The summed E-state index contributed by atoms with van der Waals surface area (Å²) in [6, 6.07) is 4.36. The van der Waals surface area contributed by atoms with Gasteiger partial charge in [-0.15, -0.1) is 0 Å². The molecule has 0 saturated carbocycles. The summed E-state index contributed by atoms with van der Waals surface area (Å²) in [7, 11) is 1.75. The number of hydrogen-bond donors (Lipinski definition) is 3. The summed E-state index contributed by atoms with van der Waals surface area (Å²) < 4.78 is 1.58. The molecule has 0 bridgehead atoms. The van der Waals surface area contributed by atoms with Crippen molar-refractivity contribution in [1.29, 1.82) is 0 Å². The van der Waals surface area contributed by atoms with Gasteiger partial charge in [0.2, 0.25) is 0 Å². The van der Waals surface area contributed by atoms with Crippen LogP contribution in [0.4, 0.5) is 16.2 Å². The summed E-state index contributed by atoms with van der Waals surface area (Å²) in [6.45, 7) is 5.63. The van der Waals surface area contributed by atoms with Gasteiger partial charge in [-0.2, -0.15) is 5.10 Å². The number of amides is 3. The number of carbonyl (C=O) groups is 2. The molecular formula is C16H20ClN5O2. The third kappa shape index (κ3) is 4.99. The highest BCUT2D eigenvalue weighted by atomic mass is 35.5. The van der Waals surface area contributed by atoms with E-state index in [1.165, 1.54) is 12.3 Å². The molecule has 24 heavy (non-hydrogen) atoms. The lowest BCUT2D eigenvalue weighted by molar-refractivity contribution is 0.102. The molecule has 2 aromatic rings. The van der Waals surface area contributed by atoms with Crippen LogP contribution in [0.3, 0.4) is 0 Å². The summed E-state index contributed by atoms with van der Waals surface area (Å²) in [6.07, 6.45) is 3.20. The second-order valence-corrected chi connectivity index (χ2v) is 6.79. The van der Waals surface area contributed by atoms with E-state index in [2.05, 4.69) is 21.0 Å². The Morgan fingerprint density at radius 3 is 2.46 bits per heavy atom. The highest BCUT2D eigenvalue weighted by Crippen LogP contribution is 2.22. The first kappa shape index (κ1) is 17.8. The molecule has 0 aliphatic rings. The lowest BCUT2D eigenvalue weighted by Gasteiger charge is -2.21. The van der Waals surface area contributed by atoms with Crippen molar-refractivity contribution in [2.24, 2.45) is 7.05 Å². The molecule has 7 nitrogen and oxygen atoms in total. The number of benzene rings is 1. The van der Waals surface area contributed by atoms with Crippen molar-refractivity contribution in [1.82, 2.24) is 15.1 Å². The van der Waals surface area contributed by atoms with Crippen LogP contribution in [0.1, 0.15) is 31.1 Å². The molecule has 3 N–H and O–H groups in total. The molecule has 0 radical (unpaired) electrons. The molecule has 0 saturated heterocycles. The van der Waals surface area contributed by atoms with Gasteiger partial charge in [-0.25, -0.2) is 4.79 Å². The predicted octanol–water partition coefficient (Wildman–Crippen LogP) is 3.25. The second kappa shape index (κ2) is 6.92. The average Bonchev–Trinajstić information content (AvgIpc) is 2.84. The SMILES string of the molecule is Cn1cc(NC(=O)c2cc(NC(=O)NC(C)(C)C)ccc2Cl)cn1. The zero-order valence-electron chi connectivity index (χ0n) is 14.0. The van der Waals surface area contributed by atoms with Crippen molar-refractivity contribution in [2.45, 2.75) is 26.3 Å². The normalized spacial score (nSPS) is 11.0. The van der Waals surface area contributed by atoms with Crippen LogP contribution in [-0.4, -0.2) is 27.3 Å². The van der Waals surface area contributed by atoms with Gasteiger partial charge in [0, 0.05) is 24.5 Å². The van der Waals surface area contributed by atoms with Crippen molar-refractivity contribution >= 4 is 34.9 Å². The largest absolute Gasteiger partial charge is 0.333 e. The first-order chi connectivity index (χ1) is 11.1. The standard InChI is InChI=1S/C16H20ClN5O2/c1-16(2,3)21-15(24)20-10-5-6-13(17)12(7-10)14(23)19-11-8-18-22(4)9-11/h5-9H,1-4H3,(H,19,23)(H2,20,21,24). The third-order valence-corrected chi connectivity index (χ3v) is 3.25.